The average Bonchev–Trinajstić information content (AvgIpc) is 3.22. The number of carbonyl (C=O) groups is 1. The van der Waals surface area contributed by atoms with Gasteiger partial charge in [-0.2, -0.15) is 5.10 Å². The number of nitrogens with one attached hydrogen (secondary N) is 1. The minimum Gasteiger partial charge on any atom is -0.342 e. The maximum Gasteiger partial charge on any atom is 0.347 e. The monoisotopic (exact) mass is 453 g/mol. The number of H-pyrrole nitrogens is 1. The van der Waals surface area contributed by atoms with E-state index in [2.05, 4.69) is 39.0 Å². The largest absolute Gasteiger partial charge is 0.347 e. The Bertz CT molecular complexity index is 1350. The molecule has 2 aromatic carbocycles. The number of carbonyl (C=O) groups excluding carboxylic acids is 1. The van der Waals surface area contributed by atoms with Crippen molar-refractivity contribution in [3.8, 4) is 22.5 Å². The minimum atomic E-state index is -0.234. The van der Waals surface area contributed by atoms with Crippen LogP contribution in [0.1, 0.15) is 25.1 Å². The zero-order valence-corrected chi connectivity index (χ0v) is 18.9. The van der Waals surface area contributed by atoms with E-state index in [1.165, 1.54) is 0 Å². The second kappa shape index (κ2) is 8.48. The molecule has 1 N–H and O–H groups in total. The molecule has 2 aromatic heterocycles. The summed E-state index contributed by atoms with van der Waals surface area (Å²) in [5.74, 6) is 1.61. The molecule has 1 aliphatic heterocycles. The molecule has 1 saturated carbocycles. The lowest BCUT2D eigenvalue weighted by atomic mass is 10.0. The van der Waals surface area contributed by atoms with Crippen molar-refractivity contribution in [2.24, 2.45) is 11.8 Å². The van der Waals surface area contributed by atoms with Crippen molar-refractivity contribution >= 4 is 5.91 Å². The first-order valence-electron chi connectivity index (χ1n) is 11.9. The van der Waals surface area contributed by atoms with Crippen molar-refractivity contribution in [1.82, 2.24) is 24.2 Å². The number of hydrogen-bond acceptors (Lipinski definition) is 3. The third-order valence-electron chi connectivity index (χ3n) is 6.97. The van der Waals surface area contributed by atoms with Gasteiger partial charge in [0.15, 0.2) is 0 Å². The van der Waals surface area contributed by atoms with E-state index < -0.39 is 0 Å². The van der Waals surface area contributed by atoms with Crippen molar-refractivity contribution in [2.45, 2.75) is 25.7 Å². The SMILES string of the molecule is O=C(C1CC1)N1CC[C@@H](Cc2n[nH]c(=O)n2-c2ccc(-c3ccc(-n4cccc4)cc3)cc2)C1. The van der Waals surface area contributed by atoms with Crippen LogP contribution in [-0.2, 0) is 11.2 Å². The lowest BCUT2D eigenvalue weighted by Crippen LogP contribution is -2.30. The molecule has 34 heavy (non-hydrogen) atoms. The van der Waals surface area contributed by atoms with E-state index in [0.29, 0.717) is 18.2 Å². The van der Waals surface area contributed by atoms with Crippen LogP contribution in [0, 0.1) is 11.8 Å². The van der Waals surface area contributed by atoms with Crippen LogP contribution in [0.15, 0.2) is 77.9 Å². The van der Waals surface area contributed by atoms with E-state index in [9.17, 15) is 9.59 Å². The highest BCUT2D eigenvalue weighted by molar-refractivity contribution is 5.81. The van der Waals surface area contributed by atoms with Gasteiger partial charge >= 0.3 is 5.69 Å². The molecule has 0 radical (unpaired) electrons. The maximum absolute atomic E-state index is 12.6. The first-order chi connectivity index (χ1) is 16.7. The van der Waals surface area contributed by atoms with Crippen molar-refractivity contribution in [3.05, 3.63) is 89.4 Å². The normalized spacial score (nSPS) is 17.9. The lowest BCUT2D eigenvalue weighted by molar-refractivity contribution is -0.131. The number of hydrogen-bond donors (Lipinski definition) is 1. The number of aromatic nitrogens is 4. The number of likely N-dealkylation sites (tertiary alicyclic amines) is 1. The Balaban J connectivity index is 1.18. The molecular formula is C27H27N5O2. The molecule has 172 valence electrons. The first-order valence-corrected chi connectivity index (χ1v) is 11.9. The van der Waals surface area contributed by atoms with E-state index in [1.807, 2.05) is 53.7 Å². The fourth-order valence-electron chi connectivity index (χ4n) is 4.91. The summed E-state index contributed by atoms with van der Waals surface area (Å²) in [4.78, 5) is 26.9. The van der Waals surface area contributed by atoms with Gasteiger partial charge in [0.25, 0.3) is 0 Å². The van der Waals surface area contributed by atoms with Crippen molar-refractivity contribution in [1.29, 1.82) is 0 Å². The Morgan fingerprint density at radius 2 is 1.56 bits per heavy atom. The van der Waals surface area contributed by atoms with Crippen molar-refractivity contribution < 1.29 is 4.79 Å². The highest BCUT2D eigenvalue weighted by Gasteiger charge is 2.36. The minimum absolute atomic E-state index is 0.234. The highest BCUT2D eigenvalue weighted by Crippen LogP contribution is 2.33. The van der Waals surface area contributed by atoms with Crippen LogP contribution in [0.5, 0.6) is 0 Å². The van der Waals surface area contributed by atoms with Gasteiger partial charge in [0.1, 0.15) is 5.82 Å². The van der Waals surface area contributed by atoms with Gasteiger partial charge < -0.3 is 9.47 Å². The Morgan fingerprint density at radius 3 is 2.21 bits per heavy atom. The number of rotatable bonds is 6. The smallest absolute Gasteiger partial charge is 0.342 e. The highest BCUT2D eigenvalue weighted by atomic mass is 16.2. The van der Waals surface area contributed by atoms with Gasteiger partial charge in [0.05, 0.1) is 5.69 Å². The van der Waals surface area contributed by atoms with Gasteiger partial charge in [-0.3, -0.25) is 4.79 Å². The fourth-order valence-corrected chi connectivity index (χ4v) is 4.91. The predicted octanol–water partition coefficient (Wildman–Crippen LogP) is 3.82. The van der Waals surface area contributed by atoms with Gasteiger partial charge in [-0.1, -0.05) is 24.3 Å². The molecule has 3 heterocycles. The van der Waals surface area contributed by atoms with Crippen LogP contribution in [0.25, 0.3) is 22.5 Å². The molecule has 1 aliphatic carbocycles. The fraction of sp³-hybridized carbons (Fsp3) is 0.296. The van der Waals surface area contributed by atoms with Crippen LogP contribution in [-0.4, -0.2) is 43.2 Å². The molecule has 0 unspecified atom stereocenters. The van der Waals surface area contributed by atoms with Crippen LogP contribution >= 0.6 is 0 Å². The number of nitrogens with zero attached hydrogens (tertiary/aromatic N) is 4. The van der Waals surface area contributed by atoms with Gasteiger partial charge in [-0.15, -0.1) is 0 Å². The van der Waals surface area contributed by atoms with Crippen LogP contribution in [0.4, 0.5) is 0 Å². The van der Waals surface area contributed by atoms with E-state index >= 15 is 0 Å². The van der Waals surface area contributed by atoms with Crippen molar-refractivity contribution in [2.75, 3.05) is 13.1 Å². The third-order valence-corrected chi connectivity index (χ3v) is 6.97. The standard InChI is InChI=1S/C27H27N5O2/c33-26(22-3-4-22)31-16-13-19(18-31)17-25-28-29-27(34)32(25)24-11-7-21(8-12-24)20-5-9-23(10-6-20)30-14-1-2-15-30/h1-2,5-12,14-15,19,22H,3-4,13,16-18H2,(H,29,34)/t19-/m0/s1. The van der Waals surface area contributed by atoms with E-state index in [1.54, 1.807) is 4.57 Å². The van der Waals surface area contributed by atoms with E-state index in [0.717, 1.165) is 60.7 Å². The lowest BCUT2D eigenvalue weighted by Gasteiger charge is -2.16. The van der Waals surface area contributed by atoms with E-state index in [-0.39, 0.29) is 11.6 Å². The molecule has 0 spiro atoms. The second-order valence-electron chi connectivity index (χ2n) is 9.38. The molecule has 4 aromatic rings. The van der Waals surface area contributed by atoms with Crippen molar-refractivity contribution in [3.63, 3.8) is 0 Å². The third kappa shape index (κ3) is 3.98. The van der Waals surface area contributed by atoms with Gasteiger partial charge in [0.2, 0.25) is 5.91 Å². The summed E-state index contributed by atoms with van der Waals surface area (Å²) in [5.41, 5.74) is 3.89. The summed E-state index contributed by atoms with van der Waals surface area (Å²) in [5, 5.41) is 6.92. The molecule has 7 nitrogen and oxygen atoms in total. The summed E-state index contributed by atoms with van der Waals surface area (Å²) in [6.45, 7) is 1.57. The quantitative estimate of drug-likeness (QED) is 0.482. The molecular weight excluding hydrogens is 426 g/mol. The molecule has 0 bridgehead atoms. The molecule has 6 rings (SSSR count). The zero-order valence-electron chi connectivity index (χ0n) is 18.9. The first kappa shape index (κ1) is 20.7. The predicted molar refractivity (Wildman–Crippen MR) is 130 cm³/mol. The Morgan fingerprint density at radius 1 is 0.912 bits per heavy atom. The summed E-state index contributed by atoms with van der Waals surface area (Å²) < 4.78 is 3.73. The topological polar surface area (TPSA) is 75.9 Å². The number of amides is 1. The van der Waals surface area contributed by atoms with Gasteiger partial charge in [0, 0.05) is 43.5 Å². The maximum atomic E-state index is 12.6. The van der Waals surface area contributed by atoms with Crippen LogP contribution in [0.2, 0.25) is 0 Å². The summed E-state index contributed by atoms with van der Waals surface area (Å²) in [6.07, 6.45) is 7.75. The average molecular weight is 454 g/mol. The Kier molecular flexibility index (Phi) is 5.17. The summed E-state index contributed by atoms with van der Waals surface area (Å²) >= 11 is 0. The van der Waals surface area contributed by atoms with E-state index in [4.69, 9.17) is 0 Å². The molecule has 1 amide bonds. The molecule has 2 fully saturated rings. The summed E-state index contributed by atoms with van der Waals surface area (Å²) in [7, 11) is 0. The summed E-state index contributed by atoms with van der Waals surface area (Å²) in [6, 6.07) is 20.4. The van der Waals surface area contributed by atoms with Gasteiger partial charge in [-0.05, 0) is 72.7 Å². The zero-order chi connectivity index (χ0) is 23.1. The van der Waals surface area contributed by atoms with Crippen LogP contribution in [0.3, 0.4) is 0 Å². The van der Waals surface area contributed by atoms with Crippen LogP contribution < -0.4 is 5.69 Å². The number of aromatic amines is 1. The molecule has 2 aliphatic rings. The molecule has 1 saturated heterocycles. The Hall–Kier alpha value is -3.87. The Labute approximate surface area is 197 Å². The molecule has 1 atom stereocenters. The second-order valence-corrected chi connectivity index (χ2v) is 9.38. The number of benzene rings is 2. The van der Waals surface area contributed by atoms with Gasteiger partial charge in [-0.25, -0.2) is 14.5 Å². The molecule has 7 heteroatoms.